The van der Waals surface area contributed by atoms with Crippen molar-refractivity contribution in [2.45, 2.75) is 0 Å². The van der Waals surface area contributed by atoms with Crippen LogP contribution in [0, 0.1) is 0 Å². The summed E-state index contributed by atoms with van der Waals surface area (Å²) in [5.41, 5.74) is 8.18. The highest BCUT2D eigenvalue weighted by atomic mass is 79.9. The smallest absolute Gasteiger partial charge is 0.195 e. The fourth-order valence-electron chi connectivity index (χ4n) is 2.22. The average Bonchev–Trinajstić information content (AvgIpc) is 2.82. The molecule has 0 atom stereocenters. The molecule has 0 amide bonds. The minimum absolute atomic E-state index is 0.114. The molecular formula is C15H10BrClN2O. The average molecular weight is 350 g/mol. The van der Waals surface area contributed by atoms with Crippen LogP contribution in [-0.2, 0) is 0 Å². The molecule has 3 N–H and O–H groups in total. The molecule has 3 rings (SSSR count). The molecule has 0 radical (unpaired) electrons. The van der Waals surface area contributed by atoms with E-state index in [-0.39, 0.29) is 5.78 Å². The molecule has 0 saturated carbocycles. The first-order chi connectivity index (χ1) is 9.56. The molecule has 0 aliphatic heterocycles. The van der Waals surface area contributed by atoms with Gasteiger partial charge in [0.25, 0.3) is 0 Å². The number of ketones is 1. The summed E-state index contributed by atoms with van der Waals surface area (Å²) in [5, 5.41) is 1.31. The third-order valence-electron chi connectivity index (χ3n) is 3.08. The van der Waals surface area contributed by atoms with E-state index in [0.717, 1.165) is 15.4 Å². The van der Waals surface area contributed by atoms with Crippen LogP contribution in [0.15, 0.2) is 47.1 Å². The van der Waals surface area contributed by atoms with Crippen LogP contribution in [0.1, 0.15) is 15.9 Å². The molecule has 1 heterocycles. The lowest BCUT2D eigenvalue weighted by molar-refractivity contribution is 0.104. The van der Waals surface area contributed by atoms with Crippen molar-refractivity contribution in [2.24, 2.45) is 0 Å². The van der Waals surface area contributed by atoms with Crippen molar-refractivity contribution in [1.82, 2.24) is 4.98 Å². The van der Waals surface area contributed by atoms with Crippen molar-refractivity contribution >= 4 is 49.9 Å². The Morgan fingerprint density at radius 1 is 1.25 bits per heavy atom. The molecule has 0 aliphatic carbocycles. The van der Waals surface area contributed by atoms with Crippen LogP contribution in [0.3, 0.4) is 0 Å². The summed E-state index contributed by atoms with van der Waals surface area (Å²) in [7, 11) is 0. The van der Waals surface area contributed by atoms with Crippen LogP contribution in [0.4, 0.5) is 5.69 Å². The van der Waals surface area contributed by atoms with Crippen LogP contribution in [0.25, 0.3) is 10.9 Å². The predicted molar refractivity (Wildman–Crippen MR) is 85.3 cm³/mol. The monoisotopic (exact) mass is 348 g/mol. The molecule has 3 aromatic rings. The van der Waals surface area contributed by atoms with Gasteiger partial charge in [0.05, 0.1) is 0 Å². The minimum atomic E-state index is -0.114. The lowest BCUT2D eigenvalue weighted by Crippen LogP contribution is -2.01. The number of rotatable bonds is 2. The van der Waals surface area contributed by atoms with Crippen molar-refractivity contribution < 1.29 is 4.79 Å². The van der Waals surface area contributed by atoms with Gasteiger partial charge in [-0.3, -0.25) is 4.79 Å². The van der Waals surface area contributed by atoms with E-state index in [1.165, 1.54) is 0 Å². The van der Waals surface area contributed by atoms with E-state index < -0.39 is 0 Å². The topological polar surface area (TPSA) is 58.9 Å². The van der Waals surface area contributed by atoms with Gasteiger partial charge in [-0.05, 0) is 30.3 Å². The molecule has 2 aromatic carbocycles. The highest BCUT2D eigenvalue weighted by molar-refractivity contribution is 9.10. The normalized spacial score (nSPS) is 10.9. The van der Waals surface area contributed by atoms with Gasteiger partial charge in [-0.15, -0.1) is 0 Å². The van der Waals surface area contributed by atoms with E-state index in [0.29, 0.717) is 21.8 Å². The van der Waals surface area contributed by atoms with E-state index in [9.17, 15) is 4.79 Å². The number of nitrogens with one attached hydrogen (secondary N) is 1. The number of nitrogen functional groups attached to an aromatic ring is 1. The van der Waals surface area contributed by atoms with E-state index in [4.69, 9.17) is 17.3 Å². The number of fused-ring (bicyclic) bond motifs is 1. The number of aromatic nitrogens is 1. The van der Waals surface area contributed by atoms with Crippen molar-refractivity contribution in [2.75, 3.05) is 5.73 Å². The quantitative estimate of drug-likeness (QED) is 0.532. The van der Waals surface area contributed by atoms with Gasteiger partial charge in [0.1, 0.15) is 0 Å². The second-order valence-corrected chi connectivity index (χ2v) is 5.76. The number of nitrogens with two attached hydrogens (primary N) is 1. The largest absolute Gasteiger partial charge is 0.399 e. The number of halogens is 2. The van der Waals surface area contributed by atoms with Crippen molar-refractivity contribution in [3.05, 3.63) is 63.2 Å². The zero-order chi connectivity index (χ0) is 14.3. The summed E-state index contributed by atoms with van der Waals surface area (Å²) < 4.78 is 0.870. The minimum Gasteiger partial charge on any atom is -0.399 e. The summed E-state index contributed by atoms with van der Waals surface area (Å²) in [6, 6.07) is 10.6. The zero-order valence-electron chi connectivity index (χ0n) is 10.3. The summed E-state index contributed by atoms with van der Waals surface area (Å²) in [4.78, 5) is 15.7. The molecule has 0 spiro atoms. The number of hydrogen-bond donors (Lipinski definition) is 2. The fourth-order valence-corrected chi connectivity index (χ4v) is 3.04. The van der Waals surface area contributed by atoms with Crippen LogP contribution < -0.4 is 5.73 Å². The molecule has 0 saturated heterocycles. The Bertz CT molecular complexity index is 806. The number of aromatic amines is 1. The number of anilines is 1. The Morgan fingerprint density at radius 2 is 2.05 bits per heavy atom. The predicted octanol–water partition coefficient (Wildman–Crippen LogP) is 4.40. The second-order valence-electron chi connectivity index (χ2n) is 4.47. The van der Waals surface area contributed by atoms with Gasteiger partial charge in [-0.1, -0.05) is 33.6 Å². The van der Waals surface area contributed by atoms with Crippen LogP contribution in [0.2, 0.25) is 5.02 Å². The highest BCUT2D eigenvalue weighted by Gasteiger charge is 2.16. The third-order valence-corrected chi connectivity index (χ3v) is 3.96. The molecule has 0 fully saturated rings. The Balaban J connectivity index is 2.18. The number of hydrogen-bond acceptors (Lipinski definition) is 2. The summed E-state index contributed by atoms with van der Waals surface area (Å²) in [6.45, 7) is 0. The lowest BCUT2D eigenvalue weighted by Gasteiger charge is -2.03. The highest BCUT2D eigenvalue weighted by Crippen LogP contribution is 2.29. The maximum atomic E-state index is 12.6. The molecular weight excluding hydrogens is 340 g/mol. The van der Waals surface area contributed by atoms with E-state index >= 15 is 0 Å². The number of carbonyl (C=O) groups is 1. The van der Waals surface area contributed by atoms with E-state index in [1.807, 2.05) is 18.2 Å². The Hall–Kier alpha value is -1.78. The van der Waals surface area contributed by atoms with Crippen LogP contribution >= 0.6 is 27.5 Å². The Labute approximate surface area is 128 Å². The first-order valence-electron chi connectivity index (χ1n) is 5.92. The van der Waals surface area contributed by atoms with Crippen molar-refractivity contribution in [1.29, 1.82) is 0 Å². The van der Waals surface area contributed by atoms with E-state index in [1.54, 1.807) is 24.4 Å². The van der Waals surface area contributed by atoms with Gasteiger partial charge < -0.3 is 10.7 Å². The second kappa shape index (κ2) is 4.96. The first-order valence-corrected chi connectivity index (χ1v) is 7.10. The molecule has 100 valence electrons. The van der Waals surface area contributed by atoms with Gasteiger partial charge in [-0.25, -0.2) is 0 Å². The first kappa shape index (κ1) is 13.2. The van der Waals surface area contributed by atoms with Gasteiger partial charge in [0, 0.05) is 43.4 Å². The molecule has 5 heteroatoms. The summed E-state index contributed by atoms with van der Waals surface area (Å²) in [6.07, 6.45) is 1.70. The lowest BCUT2D eigenvalue weighted by atomic mass is 10.0. The van der Waals surface area contributed by atoms with Gasteiger partial charge in [0.15, 0.2) is 5.78 Å². The van der Waals surface area contributed by atoms with Crippen LogP contribution in [0.5, 0.6) is 0 Å². The van der Waals surface area contributed by atoms with Gasteiger partial charge in [0.2, 0.25) is 0 Å². The number of carbonyl (C=O) groups excluding carboxylic acids is 1. The number of benzene rings is 2. The maximum Gasteiger partial charge on any atom is 0.195 e. The number of H-pyrrole nitrogens is 1. The van der Waals surface area contributed by atoms with Crippen LogP contribution in [-0.4, -0.2) is 10.8 Å². The van der Waals surface area contributed by atoms with E-state index in [2.05, 4.69) is 20.9 Å². The molecule has 0 aliphatic rings. The maximum absolute atomic E-state index is 12.6. The fraction of sp³-hybridized carbons (Fsp3) is 0. The SMILES string of the molecule is Nc1cc(Cl)cc(C(=O)c2c[nH]c3cccc(Br)c23)c1. The third kappa shape index (κ3) is 2.21. The van der Waals surface area contributed by atoms with Crippen molar-refractivity contribution in [3.8, 4) is 0 Å². The molecule has 0 bridgehead atoms. The summed E-state index contributed by atoms with van der Waals surface area (Å²) >= 11 is 9.43. The molecule has 1 aromatic heterocycles. The molecule has 0 unspecified atom stereocenters. The van der Waals surface area contributed by atoms with Crippen molar-refractivity contribution in [3.63, 3.8) is 0 Å². The van der Waals surface area contributed by atoms with Gasteiger partial charge >= 0.3 is 0 Å². The Morgan fingerprint density at radius 3 is 2.80 bits per heavy atom. The Kier molecular flexibility index (Phi) is 3.28. The standard InChI is InChI=1S/C15H10BrClN2O/c16-12-2-1-3-13-14(12)11(7-19-13)15(20)8-4-9(17)6-10(18)5-8/h1-7,19H,18H2. The van der Waals surface area contributed by atoms with Gasteiger partial charge in [-0.2, -0.15) is 0 Å². The summed E-state index contributed by atoms with van der Waals surface area (Å²) in [5.74, 6) is -0.114. The molecule has 3 nitrogen and oxygen atoms in total. The zero-order valence-corrected chi connectivity index (χ0v) is 12.6. The molecule has 20 heavy (non-hydrogen) atoms.